The Hall–Kier alpha value is -7.94. The van der Waals surface area contributed by atoms with Crippen LogP contribution < -0.4 is 4.90 Å². The molecule has 10 aromatic rings. The van der Waals surface area contributed by atoms with E-state index in [9.17, 15) is 0 Å². The second kappa shape index (κ2) is 14.6. The number of benzene rings is 9. The van der Waals surface area contributed by atoms with E-state index in [2.05, 4.69) is 254 Å². The van der Waals surface area contributed by atoms with Crippen molar-refractivity contribution < 1.29 is 0 Å². The second-order valence-corrected chi connectivity index (χ2v) is 18.5. The van der Waals surface area contributed by atoms with Gasteiger partial charge >= 0.3 is 0 Å². The van der Waals surface area contributed by atoms with Crippen LogP contribution in [0.4, 0.5) is 11.4 Å². The van der Waals surface area contributed by atoms with Gasteiger partial charge in [-0.25, -0.2) is 0 Å². The van der Waals surface area contributed by atoms with E-state index in [1.165, 1.54) is 106 Å². The number of hydrogen-bond acceptors (Lipinski definition) is 1. The zero-order chi connectivity index (χ0) is 43.2. The lowest BCUT2D eigenvalue weighted by Crippen LogP contribution is -2.31. The molecule has 2 atom stereocenters. The van der Waals surface area contributed by atoms with Gasteiger partial charge in [0.2, 0.25) is 0 Å². The Kier molecular flexibility index (Phi) is 8.42. The maximum Gasteiger partial charge on any atom is 0.0632 e. The zero-order valence-electron chi connectivity index (χ0n) is 36.5. The van der Waals surface area contributed by atoms with Gasteiger partial charge in [-0.05, 0) is 133 Å². The molecule has 0 N–H and O–H groups in total. The summed E-state index contributed by atoms with van der Waals surface area (Å²) in [5.74, 6) is 0.196. The van der Waals surface area contributed by atoms with Crippen molar-refractivity contribution in [2.24, 2.45) is 0 Å². The minimum atomic E-state index is -0.232. The summed E-state index contributed by atoms with van der Waals surface area (Å²) >= 11 is 0. The van der Waals surface area contributed by atoms with E-state index in [-0.39, 0.29) is 17.4 Å². The molecule has 9 aromatic carbocycles. The largest absolute Gasteiger partial charge is 0.333 e. The first-order valence-corrected chi connectivity index (χ1v) is 22.9. The third-order valence-corrected chi connectivity index (χ3v) is 14.4. The van der Waals surface area contributed by atoms with Gasteiger partial charge in [0.1, 0.15) is 0 Å². The first kappa shape index (κ1) is 37.6. The van der Waals surface area contributed by atoms with Crippen LogP contribution in [0.15, 0.2) is 236 Å². The summed E-state index contributed by atoms with van der Waals surface area (Å²) in [5.41, 5.74) is 22.5. The van der Waals surface area contributed by atoms with Crippen molar-refractivity contribution in [2.75, 3.05) is 4.90 Å². The van der Waals surface area contributed by atoms with Crippen molar-refractivity contribution in [1.29, 1.82) is 0 Å². The topological polar surface area (TPSA) is 8.17 Å². The molecule has 2 heterocycles. The molecule has 13 rings (SSSR count). The predicted octanol–water partition coefficient (Wildman–Crippen LogP) is 16.4. The van der Waals surface area contributed by atoms with Crippen LogP contribution in [0.1, 0.15) is 36.5 Å². The van der Waals surface area contributed by atoms with Gasteiger partial charge in [0.05, 0.1) is 17.1 Å². The number of allylic oxidation sites excluding steroid dienone is 2. The third-order valence-electron chi connectivity index (χ3n) is 14.4. The Bertz CT molecular complexity index is 3440. The molecular weight excluding hydrogens is 785 g/mol. The molecule has 0 bridgehead atoms. The quantitative estimate of drug-likeness (QED) is 0.162. The fourth-order valence-corrected chi connectivity index (χ4v) is 11.3. The number of para-hydroxylation sites is 2. The van der Waals surface area contributed by atoms with Gasteiger partial charge < -0.3 is 9.47 Å². The average molecular weight is 831 g/mol. The number of aromatic nitrogens is 1. The number of nitrogens with zero attached hydrogens (tertiary/aromatic N) is 2. The Balaban J connectivity index is 0.993. The molecule has 0 saturated heterocycles. The Morgan fingerprint density at radius 2 is 0.892 bits per heavy atom. The SMILES string of the molecule is CC1(C)C2=CC3C(C=C2c2cc4c5ccccc5n(-c5cc(-c6ccccc6)cc(-c6ccccc6)c5)c4cc21)c1ccccc1N3c1cc(-c2ccccc2)cc(-c2ccccc2)c1. The monoisotopic (exact) mass is 830 g/mol. The highest BCUT2D eigenvalue weighted by Crippen LogP contribution is 2.58. The van der Waals surface area contributed by atoms with Crippen LogP contribution in [-0.4, -0.2) is 10.6 Å². The van der Waals surface area contributed by atoms with Gasteiger partial charge in [0, 0.05) is 39.2 Å². The summed E-state index contributed by atoms with van der Waals surface area (Å²) in [6, 6.07) is 80.7. The standard InChI is InChI=1S/C63H46N2/c1-63(2)57-39-61-55(51-27-15-17-29-59(51)64(61)49-33-45(41-19-7-3-8-20-41)31-46(34-49)42-21-9-4-10-22-42)37-53(57)54-38-56-52-28-16-18-30-60(52)65(62(56)40-58(54)63)50-35-47(43-23-11-5-12-24-43)32-48(36-50)44-25-13-6-14-26-44/h3-40,55,61H,1-2H3. The molecule has 0 saturated carbocycles. The number of rotatable bonds is 6. The van der Waals surface area contributed by atoms with Crippen molar-refractivity contribution in [3.8, 4) is 50.2 Å². The summed E-state index contributed by atoms with van der Waals surface area (Å²) in [7, 11) is 0. The van der Waals surface area contributed by atoms with Crippen molar-refractivity contribution >= 4 is 38.8 Å². The molecule has 0 amide bonds. The normalized spacial score (nSPS) is 16.7. The highest BCUT2D eigenvalue weighted by atomic mass is 15.2. The maximum absolute atomic E-state index is 2.63. The van der Waals surface area contributed by atoms with E-state index in [0.717, 1.165) is 5.69 Å². The van der Waals surface area contributed by atoms with Crippen LogP contribution in [-0.2, 0) is 5.41 Å². The fourth-order valence-electron chi connectivity index (χ4n) is 11.3. The van der Waals surface area contributed by atoms with E-state index in [1.807, 2.05) is 0 Å². The number of anilines is 2. The molecule has 2 heteroatoms. The summed E-state index contributed by atoms with van der Waals surface area (Å²) in [6.45, 7) is 4.88. The lowest BCUT2D eigenvalue weighted by Gasteiger charge is -2.34. The van der Waals surface area contributed by atoms with Gasteiger partial charge in [-0.2, -0.15) is 0 Å². The van der Waals surface area contributed by atoms with Crippen LogP contribution in [0.3, 0.4) is 0 Å². The highest BCUT2D eigenvalue weighted by molar-refractivity contribution is 6.12. The Labute approximate surface area is 380 Å². The molecule has 308 valence electrons. The minimum absolute atomic E-state index is 0.121. The number of hydrogen-bond donors (Lipinski definition) is 0. The Morgan fingerprint density at radius 1 is 0.400 bits per heavy atom. The molecule has 3 aliphatic rings. The predicted molar refractivity (Wildman–Crippen MR) is 273 cm³/mol. The van der Waals surface area contributed by atoms with E-state index in [1.54, 1.807) is 0 Å². The average Bonchev–Trinajstić information content (AvgIpc) is 3.95. The van der Waals surface area contributed by atoms with Crippen LogP contribution >= 0.6 is 0 Å². The van der Waals surface area contributed by atoms with E-state index >= 15 is 0 Å². The van der Waals surface area contributed by atoms with Crippen molar-refractivity contribution in [2.45, 2.75) is 31.2 Å². The van der Waals surface area contributed by atoms with Crippen molar-refractivity contribution in [3.63, 3.8) is 0 Å². The smallest absolute Gasteiger partial charge is 0.0632 e. The molecule has 1 aromatic heterocycles. The molecule has 2 unspecified atom stereocenters. The molecule has 0 fully saturated rings. The molecule has 0 spiro atoms. The Morgan fingerprint density at radius 3 is 1.46 bits per heavy atom. The van der Waals surface area contributed by atoms with Crippen LogP contribution in [0.25, 0.3) is 77.6 Å². The van der Waals surface area contributed by atoms with Crippen LogP contribution in [0, 0.1) is 0 Å². The highest BCUT2D eigenvalue weighted by Gasteiger charge is 2.46. The zero-order valence-corrected chi connectivity index (χ0v) is 36.5. The second-order valence-electron chi connectivity index (χ2n) is 18.5. The first-order valence-electron chi connectivity index (χ1n) is 22.9. The van der Waals surface area contributed by atoms with Gasteiger partial charge in [0.25, 0.3) is 0 Å². The first-order chi connectivity index (χ1) is 32.0. The lowest BCUT2D eigenvalue weighted by molar-refractivity contribution is 0.639. The molecule has 2 nitrogen and oxygen atoms in total. The van der Waals surface area contributed by atoms with Gasteiger partial charge in [-0.1, -0.05) is 184 Å². The minimum Gasteiger partial charge on any atom is -0.333 e. The van der Waals surface area contributed by atoms with E-state index < -0.39 is 0 Å². The molecular formula is C63H46N2. The molecule has 1 aliphatic heterocycles. The van der Waals surface area contributed by atoms with Crippen LogP contribution in [0.5, 0.6) is 0 Å². The van der Waals surface area contributed by atoms with E-state index in [4.69, 9.17) is 0 Å². The van der Waals surface area contributed by atoms with Gasteiger partial charge in [-0.15, -0.1) is 0 Å². The molecule has 65 heavy (non-hydrogen) atoms. The number of fused-ring (bicyclic) bond motifs is 9. The molecule has 2 aliphatic carbocycles. The summed E-state index contributed by atoms with van der Waals surface area (Å²) in [5, 5.41) is 2.55. The summed E-state index contributed by atoms with van der Waals surface area (Å²) < 4.78 is 2.52. The van der Waals surface area contributed by atoms with Gasteiger partial charge in [-0.3, -0.25) is 0 Å². The molecule has 0 radical (unpaired) electrons. The van der Waals surface area contributed by atoms with Gasteiger partial charge in [0.15, 0.2) is 0 Å². The lowest BCUT2D eigenvalue weighted by atomic mass is 9.77. The maximum atomic E-state index is 2.63. The summed E-state index contributed by atoms with van der Waals surface area (Å²) in [6.07, 6.45) is 5.25. The summed E-state index contributed by atoms with van der Waals surface area (Å²) in [4.78, 5) is 2.63. The van der Waals surface area contributed by atoms with Crippen molar-refractivity contribution in [3.05, 3.63) is 253 Å². The fraction of sp³-hybridized carbons (Fsp3) is 0.0794. The third kappa shape index (κ3) is 5.94. The van der Waals surface area contributed by atoms with Crippen LogP contribution in [0.2, 0.25) is 0 Å². The van der Waals surface area contributed by atoms with Crippen molar-refractivity contribution in [1.82, 2.24) is 4.57 Å². The van der Waals surface area contributed by atoms with E-state index in [0.29, 0.717) is 0 Å².